The highest BCUT2D eigenvalue weighted by molar-refractivity contribution is 5.80. The molecule has 0 aliphatic carbocycles. The first-order chi connectivity index (χ1) is 11.6. The van der Waals surface area contributed by atoms with Crippen LogP contribution >= 0.6 is 0 Å². The minimum Gasteiger partial charge on any atom is -0.481 e. The van der Waals surface area contributed by atoms with Crippen molar-refractivity contribution in [2.45, 2.75) is 19.6 Å². The van der Waals surface area contributed by atoms with Gasteiger partial charge in [-0.3, -0.25) is 9.59 Å². The molecule has 2 aromatic rings. The number of aromatic nitrogens is 2. The summed E-state index contributed by atoms with van der Waals surface area (Å²) in [5.74, 6) is 1.48. The maximum absolute atomic E-state index is 12.1. The van der Waals surface area contributed by atoms with Crippen LogP contribution < -0.4 is 25.1 Å². The highest BCUT2D eigenvalue weighted by Gasteiger charge is 2.18. The van der Waals surface area contributed by atoms with Crippen molar-refractivity contribution in [3.63, 3.8) is 0 Å². The summed E-state index contributed by atoms with van der Waals surface area (Å²) in [5.41, 5.74) is -0.212. The van der Waals surface area contributed by atoms with Crippen LogP contribution in [0, 0.1) is 0 Å². The van der Waals surface area contributed by atoms with Gasteiger partial charge in [-0.1, -0.05) is 0 Å². The Balaban J connectivity index is 1.50. The molecule has 0 saturated heterocycles. The number of hydrogen-bond acceptors (Lipinski definition) is 6. The Morgan fingerprint density at radius 2 is 2.21 bits per heavy atom. The molecule has 8 nitrogen and oxygen atoms in total. The van der Waals surface area contributed by atoms with Crippen LogP contribution in [0.1, 0.15) is 6.92 Å². The molecule has 24 heavy (non-hydrogen) atoms. The van der Waals surface area contributed by atoms with Crippen LogP contribution in [0.25, 0.3) is 0 Å². The standard InChI is InChI=1S/C16H17N3O5/c1-11(24-12-4-5-13-14(9-12)23-10-22-13)16(21)17-7-8-19-15(20)3-2-6-18-19/h2-6,9,11H,7-8,10H2,1H3,(H,17,21)/t11-/m1/s1. The van der Waals surface area contributed by atoms with E-state index < -0.39 is 6.10 Å². The number of ether oxygens (including phenoxy) is 3. The Bertz CT molecular complexity index is 789. The molecule has 0 saturated carbocycles. The molecule has 1 aromatic carbocycles. The van der Waals surface area contributed by atoms with E-state index in [4.69, 9.17) is 14.2 Å². The maximum atomic E-state index is 12.1. The van der Waals surface area contributed by atoms with Gasteiger partial charge in [-0.2, -0.15) is 5.10 Å². The molecule has 2 heterocycles. The zero-order valence-corrected chi connectivity index (χ0v) is 13.1. The molecule has 0 bridgehead atoms. The van der Waals surface area contributed by atoms with E-state index in [9.17, 15) is 9.59 Å². The monoisotopic (exact) mass is 331 g/mol. The topological polar surface area (TPSA) is 91.7 Å². The molecule has 0 fully saturated rings. The molecule has 1 aliphatic heterocycles. The molecule has 126 valence electrons. The maximum Gasteiger partial charge on any atom is 0.266 e. The van der Waals surface area contributed by atoms with Crippen LogP contribution in [0.5, 0.6) is 17.2 Å². The van der Waals surface area contributed by atoms with E-state index in [0.717, 1.165) is 0 Å². The van der Waals surface area contributed by atoms with Crippen LogP contribution in [0.4, 0.5) is 0 Å². The quantitative estimate of drug-likeness (QED) is 0.831. The average molecular weight is 331 g/mol. The second-order valence-electron chi connectivity index (χ2n) is 5.15. The number of hydrogen-bond donors (Lipinski definition) is 1. The summed E-state index contributed by atoms with van der Waals surface area (Å²) >= 11 is 0. The van der Waals surface area contributed by atoms with Crippen molar-refractivity contribution in [2.24, 2.45) is 0 Å². The molecule has 1 atom stereocenters. The van der Waals surface area contributed by atoms with E-state index in [1.807, 2.05) is 0 Å². The van der Waals surface area contributed by atoms with Gasteiger partial charge in [0, 0.05) is 24.9 Å². The fourth-order valence-corrected chi connectivity index (χ4v) is 2.19. The van der Waals surface area contributed by atoms with Crippen LogP contribution in [0.2, 0.25) is 0 Å². The Labute approximate surface area is 138 Å². The average Bonchev–Trinajstić information content (AvgIpc) is 3.04. The van der Waals surface area contributed by atoms with Gasteiger partial charge >= 0.3 is 0 Å². The lowest BCUT2D eigenvalue weighted by Gasteiger charge is -2.15. The first-order valence-electron chi connectivity index (χ1n) is 7.49. The van der Waals surface area contributed by atoms with E-state index in [2.05, 4.69) is 10.4 Å². The number of benzene rings is 1. The summed E-state index contributed by atoms with van der Waals surface area (Å²) in [4.78, 5) is 23.6. The number of nitrogens with zero attached hydrogens (tertiary/aromatic N) is 2. The van der Waals surface area contributed by atoms with Gasteiger partial charge < -0.3 is 19.5 Å². The second kappa shape index (κ2) is 7.03. The highest BCUT2D eigenvalue weighted by Crippen LogP contribution is 2.35. The van der Waals surface area contributed by atoms with E-state index >= 15 is 0 Å². The molecule has 1 aromatic heterocycles. The summed E-state index contributed by atoms with van der Waals surface area (Å²) < 4.78 is 17.4. The molecule has 8 heteroatoms. The third kappa shape index (κ3) is 3.65. The summed E-state index contributed by atoms with van der Waals surface area (Å²) in [6, 6.07) is 8.11. The normalized spacial score (nSPS) is 13.4. The number of nitrogens with one attached hydrogen (secondary N) is 1. The van der Waals surface area contributed by atoms with Crippen molar-refractivity contribution >= 4 is 5.91 Å². The van der Waals surface area contributed by atoms with Crippen molar-refractivity contribution in [1.29, 1.82) is 0 Å². The fraction of sp³-hybridized carbons (Fsp3) is 0.312. The first kappa shape index (κ1) is 15.9. The van der Waals surface area contributed by atoms with Gasteiger partial charge in [0.15, 0.2) is 17.6 Å². The minimum atomic E-state index is -0.689. The Kier molecular flexibility index (Phi) is 4.64. The van der Waals surface area contributed by atoms with Gasteiger partial charge in [0.1, 0.15) is 5.75 Å². The van der Waals surface area contributed by atoms with E-state index in [1.54, 1.807) is 31.2 Å². The van der Waals surface area contributed by atoms with Crippen LogP contribution in [0.3, 0.4) is 0 Å². The molecule has 1 N–H and O–H groups in total. The van der Waals surface area contributed by atoms with Gasteiger partial charge in [-0.25, -0.2) is 4.68 Å². The van der Waals surface area contributed by atoms with Crippen molar-refractivity contribution in [3.05, 3.63) is 46.9 Å². The molecular weight excluding hydrogens is 314 g/mol. The molecule has 3 rings (SSSR count). The first-order valence-corrected chi connectivity index (χ1v) is 7.49. The fourth-order valence-electron chi connectivity index (χ4n) is 2.19. The van der Waals surface area contributed by atoms with Gasteiger partial charge in [-0.15, -0.1) is 0 Å². The lowest BCUT2D eigenvalue weighted by atomic mass is 10.3. The van der Waals surface area contributed by atoms with E-state index in [1.165, 1.54) is 16.9 Å². The predicted molar refractivity (Wildman–Crippen MR) is 84.2 cm³/mol. The largest absolute Gasteiger partial charge is 0.481 e. The number of carbonyl (C=O) groups excluding carboxylic acids is 1. The molecule has 0 unspecified atom stereocenters. The summed E-state index contributed by atoms with van der Waals surface area (Å²) in [7, 11) is 0. The van der Waals surface area contributed by atoms with Gasteiger partial charge in [0.2, 0.25) is 6.79 Å². The zero-order chi connectivity index (χ0) is 16.9. The van der Waals surface area contributed by atoms with E-state index in [-0.39, 0.29) is 24.8 Å². The third-order valence-corrected chi connectivity index (χ3v) is 3.43. The Morgan fingerprint density at radius 1 is 1.38 bits per heavy atom. The van der Waals surface area contributed by atoms with Gasteiger partial charge in [0.25, 0.3) is 11.5 Å². The lowest BCUT2D eigenvalue weighted by molar-refractivity contribution is -0.127. The van der Waals surface area contributed by atoms with Crippen molar-refractivity contribution < 1.29 is 19.0 Å². The lowest BCUT2D eigenvalue weighted by Crippen LogP contribution is -2.39. The highest BCUT2D eigenvalue weighted by atomic mass is 16.7. The molecule has 1 amide bonds. The van der Waals surface area contributed by atoms with Crippen molar-refractivity contribution in [2.75, 3.05) is 13.3 Å². The minimum absolute atomic E-state index is 0.182. The molecule has 0 radical (unpaired) electrons. The molecule has 1 aliphatic rings. The van der Waals surface area contributed by atoms with Crippen molar-refractivity contribution in [3.8, 4) is 17.2 Å². The number of carbonyl (C=O) groups is 1. The second-order valence-corrected chi connectivity index (χ2v) is 5.15. The van der Waals surface area contributed by atoms with Crippen LogP contribution in [-0.4, -0.2) is 35.1 Å². The molecule has 0 spiro atoms. The number of rotatable bonds is 6. The third-order valence-electron chi connectivity index (χ3n) is 3.43. The van der Waals surface area contributed by atoms with Gasteiger partial charge in [-0.05, 0) is 25.1 Å². The summed E-state index contributed by atoms with van der Waals surface area (Å²) in [5, 5.41) is 6.63. The molecular formula is C16H17N3O5. The summed E-state index contributed by atoms with van der Waals surface area (Å²) in [6.07, 6.45) is 0.833. The Hall–Kier alpha value is -3.03. The predicted octanol–water partition coefficient (Wildman–Crippen LogP) is 0.556. The number of fused-ring (bicyclic) bond motifs is 1. The SMILES string of the molecule is C[C@@H](Oc1ccc2c(c1)OCO2)C(=O)NCCn1ncccc1=O. The number of amides is 1. The smallest absolute Gasteiger partial charge is 0.266 e. The van der Waals surface area contributed by atoms with E-state index in [0.29, 0.717) is 23.8 Å². The van der Waals surface area contributed by atoms with Crippen LogP contribution in [-0.2, 0) is 11.3 Å². The summed E-state index contributed by atoms with van der Waals surface area (Å²) in [6.45, 7) is 2.40. The Morgan fingerprint density at radius 3 is 3.04 bits per heavy atom. The van der Waals surface area contributed by atoms with Crippen molar-refractivity contribution in [1.82, 2.24) is 15.1 Å². The zero-order valence-electron chi connectivity index (χ0n) is 13.1. The van der Waals surface area contributed by atoms with Crippen LogP contribution in [0.15, 0.2) is 41.3 Å². The van der Waals surface area contributed by atoms with Gasteiger partial charge in [0.05, 0.1) is 6.54 Å².